The number of thiazole rings is 1. The van der Waals surface area contributed by atoms with Crippen molar-refractivity contribution in [3.05, 3.63) is 76.8 Å². The Bertz CT molecular complexity index is 2380. The number of aryl methyl sites for hydroxylation is 2. The number of aromatic nitrogens is 2. The number of carbonyl (C=O) groups excluding carboxylic acids is 3. The number of pyridine rings is 1. The first-order valence-electron chi connectivity index (χ1n) is 18.8. The van der Waals surface area contributed by atoms with Crippen molar-refractivity contribution in [3.63, 3.8) is 0 Å². The van der Waals surface area contributed by atoms with Gasteiger partial charge >= 0.3 is 0 Å². The molecule has 0 spiro atoms. The number of fused-ring (bicyclic) bond motifs is 1. The normalized spacial score (nSPS) is 22.4. The van der Waals surface area contributed by atoms with Crippen LogP contribution in [0.25, 0.3) is 22.0 Å². The summed E-state index contributed by atoms with van der Waals surface area (Å²) < 4.78 is 39.8. The van der Waals surface area contributed by atoms with E-state index in [2.05, 4.69) is 33.0 Å². The molecule has 3 N–H and O–H groups in total. The average Bonchev–Trinajstić information content (AvgIpc) is 4.04. The highest BCUT2D eigenvalue weighted by atomic mass is 35.5. The third-order valence-electron chi connectivity index (χ3n) is 10.9. The Labute approximate surface area is 341 Å². The van der Waals surface area contributed by atoms with Crippen molar-refractivity contribution in [1.82, 2.24) is 24.9 Å². The number of benzene rings is 2. The highest BCUT2D eigenvalue weighted by Gasteiger charge is 2.62. The second kappa shape index (κ2) is 15.2. The van der Waals surface area contributed by atoms with Crippen molar-refractivity contribution >= 4 is 66.6 Å². The van der Waals surface area contributed by atoms with E-state index in [0.717, 1.165) is 22.4 Å². The van der Waals surface area contributed by atoms with Gasteiger partial charge in [-0.05, 0) is 62.3 Å². The number of ether oxygens (including phenoxy) is 2. The van der Waals surface area contributed by atoms with Gasteiger partial charge in [-0.25, -0.2) is 18.4 Å². The number of sulfonamides is 1. The molecule has 16 heteroatoms. The fraction of sp³-hybridized carbons (Fsp3) is 0.439. The number of hydrogen-bond donors (Lipinski definition) is 3. The molecule has 0 unspecified atom stereocenters. The van der Waals surface area contributed by atoms with Gasteiger partial charge in [0.25, 0.3) is 5.91 Å². The van der Waals surface area contributed by atoms with E-state index in [1.807, 2.05) is 52.1 Å². The Kier molecular flexibility index (Phi) is 10.8. The number of nitrogens with one attached hydrogen (secondary N) is 3. The number of nitrogens with zero attached hydrogens (tertiary/aromatic N) is 3. The van der Waals surface area contributed by atoms with Crippen LogP contribution < -0.4 is 24.8 Å². The fourth-order valence-electron chi connectivity index (χ4n) is 7.48. The monoisotopic (exact) mass is 834 g/mol. The van der Waals surface area contributed by atoms with E-state index in [1.165, 1.54) is 35.6 Å². The van der Waals surface area contributed by atoms with Crippen molar-refractivity contribution < 1.29 is 32.3 Å². The number of hydrogen-bond acceptors (Lipinski definition) is 11. The smallest absolute Gasteiger partial charge is 0.259 e. The molecule has 3 heterocycles. The molecule has 302 valence electrons. The largest absolute Gasteiger partial charge is 0.494 e. The molecule has 3 amide bonds. The lowest BCUT2D eigenvalue weighted by Gasteiger charge is -2.35. The Balaban J connectivity index is 1.19. The molecule has 1 saturated heterocycles. The molecular weight excluding hydrogens is 788 g/mol. The molecule has 2 aromatic heterocycles. The minimum Gasteiger partial charge on any atom is -0.494 e. The van der Waals surface area contributed by atoms with Crippen molar-refractivity contribution in [2.45, 2.75) is 89.3 Å². The van der Waals surface area contributed by atoms with Crippen molar-refractivity contribution in [2.75, 3.05) is 19.0 Å². The summed E-state index contributed by atoms with van der Waals surface area (Å²) in [7, 11) is -2.36. The predicted octanol–water partition coefficient (Wildman–Crippen LogP) is 6.18. The number of methoxy groups -OCH3 is 1. The predicted molar refractivity (Wildman–Crippen MR) is 221 cm³/mol. The summed E-state index contributed by atoms with van der Waals surface area (Å²) in [6.07, 6.45) is 3.50. The molecule has 2 saturated carbocycles. The summed E-state index contributed by atoms with van der Waals surface area (Å²) in [5.74, 6) is -1.56. The van der Waals surface area contributed by atoms with Crippen LogP contribution in [0.3, 0.4) is 0 Å². The van der Waals surface area contributed by atoms with Crippen LogP contribution >= 0.6 is 22.9 Å². The summed E-state index contributed by atoms with van der Waals surface area (Å²) in [6.45, 7) is 13.7. The number of likely N-dealkylation sites (tertiary alicyclic amines) is 1. The van der Waals surface area contributed by atoms with Gasteiger partial charge in [0.05, 0.1) is 30.8 Å². The van der Waals surface area contributed by atoms with E-state index in [9.17, 15) is 22.8 Å². The van der Waals surface area contributed by atoms with Crippen LogP contribution in [0.1, 0.15) is 57.6 Å². The molecule has 7 rings (SSSR count). The first-order chi connectivity index (χ1) is 26.9. The van der Waals surface area contributed by atoms with Gasteiger partial charge < -0.3 is 25.0 Å². The van der Waals surface area contributed by atoms with Crippen LogP contribution in [0.15, 0.2) is 60.6 Å². The SMILES string of the molecule is C=C[C@@H]1C[C@]1(NC(=O)[C@@H]1C[C@@H](Oc2ncc(OC)c3ccc(Cl)cc23)CN1C(=O)[C@@H](Nc1nc(-c2ccc(C)cc2C)cs1)C(C)(C)C)C(=O)NS(=O)(=O)C1CC1. The molecule has 5 atom stereocenters. The minimum absolute atomic E-state index is 0.00672. The highest BCUT2D eigenvalue weighted by Crippen LogP contribution is 2.46. The van der Waals surface area contributed by atoms with E-state index >= 15 is 0 Å². The third-order valence-corrected chi connectivity index (χ3v) is 13.7. The number of carbonyl (C=O) groups is 3. The summed E-state index contributed by atoms with van der Waals surface area (Å²) in [5.41, 5.74) is 1.80. The summed E-state index contributed by atoms with van der Waals surface area (Å²) in [5, 5.41) is 9.84. The molecule has 4 aromatic rings. The first kappa shape index (κ1) is 40.5. The highest BCUT2D eigenvalue weighted by molar-refractivity contribution is 7.91. The van der Waals surface area contributed by atoms with Crippen molar-refractivity contribution in [3.8, 4) is 22.9 Å². The molecule has 0 radical (unpaired) electrons. The first-order valence-corrected chi connectivity index (χ1v) is 21.6. The second-order valence-electron chi connectivity index (χ2n) is 16.3. The molecule has 3 fully saturated rings. The Morgan fingerprint density at radius 1 is 1.12 bits per heavy atom. The van der Waals surface area contributed by atoms with E-state index in [-0.39, 0.29) is 31.2 Å². The lowest BCUT2D eigenvalue weighted by Crippen LogP contribution is -2.58. The van der Waals surface area contributed by atoms with Crippen LogP contribution in [0.5, 0.6) is 11.6 Å². The number of amides is 3. The maximum Gasteiger partial charge on any atom is 0.259 e. The molecular formula is C41H47ClN6O7S2. The Morgan fingerprint density at radius 2 is 1.88 bits per heavy atom. The zero-order chi connectivity index (χ0) is 41.0. The second-order valence-corrected chi connectivity index (χ2v) is 19.5. The van der Waals surface area contributed by atoms with Gasteiger partial charge in [0.15, 0.2) is 5.13 Å². The van der Waals surface area contributed by atoms with Gasteiger partial charge in [-0.2, -0.15) is 0 Å². The topological polar surface area (TPSA) is 169 Å². The standard InChI is InChI=1S/C41H47ClN6O7S2/c1-8-24-18-41(24,38(51)47-57(52,53)27-11-12-27)46-35(49)32-17-26(55-36-30-16-25(42)10-14-29(30)33(54-7)19-43-36)20-48(32)37(50)34(40(4,5)6)45-39-44-31(21-56-39)28-13-9-22(2)15-23(28)3/h8-10,13-16,19,21,24,26-27,32,34H,1,11-12,17-18,20H2,2-7H3,(H,44,45)(H,46,49)(H,47,51)/t24-,26-,32+,34-,41-/m1/s1. The maximum atomic E-state index is 14.9. The zero-order valence-corrected chi connectivity index (χ0v) is 35.1. The van der Waals surface area contributed by atoms with Gasteiger partial charge in [-0.15, -0.1) is 17.9 Å². The molecule has 2 aliphatic carbocycles. The molecule has 0 bridgehead atoms. The van der Waals surface area contributed by atoms with Crippen LogP contribution in [0, 0.1) is 25.2 Å². The molecule has 57 heavy (non-hydrogen) atoms. The molecule has 3 aliphatic rings. The lowest BCUT2D eigenvalue weighted by molar-refractivity contribution is -0.141. The van der Waals surface area contributed by atoms with Crippen LogP contribution in [-0.4, -0.2) is 83.6 Å². The Hall–Kier alpha value is -4.73. The van der Waals surface area contributed by atoms with E-state index in [1.54, 1.807) is 18.2 Å². The molecule has 1 aliphatic heterocycles. The van der Waals surface area contributed by atoms with Gasteiger partial charge in [-0.1, -0.05) is 62.2 Å². The molecule has 13 nitrogen and oxygen atoms in total. The van der Waals surface area contributed by atoms with Gasteiger partial charge in [0, 0.05) is 39.1 Å². The number of rotatable bonds is 13. The van der Waals surface area contributed by atoms with Crippen LogP contribution in [0.4, 0.5) is 5.13 Å². The van der Waals surface area contributed by atoms with Crippen molar-refractivity contribution in [2.24, 2.45) is 11.3 Å². The average molecular weight is 835 g/mol. The summed E-state index contributed by atoms with van der Waals surface area (Å²) >= 11 is 7.77. The molecule has 2 aromatic carbocycles. The van der Waals surface area contributed by atoms with Gasteiger partial charge in [-0.3, -0.25) is 19.1 Å². The Morgan fingerprint density at radius 3 is 2.53 bits per heavy atom. The minimum atomic E-state index is -3.90. The van der Waals surface area contributed by atoms with Crippen LogP contribution in [0.2, 0.25) is 5.02 Å². The fourth-order valence-corrected chi connectivity index (χ4v) is 9.75. The van der Waals surface area contributed by atoms with E-state index in [0.29, 0.717) is 39.5 Å². The lowest BCUT2D eigenvalue weighted by atomic mass is 9.85. The van der Waals surface area contributed by atoms with Gasteiger partial charge in [0.1, 0.15) is 29.5 Å². The van der Waals surface area contributed by atoms with E-state index in [4.69, 9.17) is 26.1 Å². The summed E-state index contributed by atoms with van der Waals surface area (Å²) in [6, 6.07) is 9.47. The number of anilines is 1. The van der Waals surface area contributed by atoms with Crippen LogP contribution in [-0.2, 0) is 24.4 Å². The van der Waals surface area contributed by atoms with E-state index < -0.39 is 62.1 Å². The zero-order valence-electron chi connectivity index (χ0n) is 32.7. The quantitative estimate of drug-likeness (QED) is 0.132. The van der Waals surface area contributed by atoms with Gasteiger partial charge in [0.2, 0.25) is 27.7 Å². The number of halogens is 1. The summed E-state index contributed by atoms with van der Waals surface area (Å²) in [4.78, 5) is 53.8. The third kappa shape index (κ3) is 8.19. The van der Waals surface area contributed by atoms with Crippen molar-refractivity contribution in [1.29, 1.82) is 0 Å². The maximum absolute atomic E-state index is 14.9.